The lowest BCUT2D eigenvalue weighted by atomic mass is 9.95. The highest BCUT2D eigenvalue weighted by molar-refractivity contribution is 5.95. The molecule has 0 aromatic heterocycles. The van der Waals surface area contributed by atoms with Crippen LogP contribution in [0.2, 0.25) is 0 Å². The van der Waals surface area contributed by atoms with Gasteiger partial charge in [0, 0.05) is 41.7 Å². The zero-order valence-corrected chi connectivity index (χ0v) is 27.4. The summed E-state index contributed by atoms with van der Waals surface area (Å²) in [5, 5.41) is 2.89. The highest BCUT2D eigenvalue weighted by Crippen LogP contribution is 2.21. The summed E-state index contributed by atoms with van der Waals surface area (Å²) in [6.07, 6.45) is 2.34. The Kier molecular flexibility index (Phi) is 16.1. The van der Waals surface area contributed by atoms with Crippen LogP contribution < -0.4 is 5.32 Å². The van der Waals surface area contributed by atoms with E-state index in [-0.39, 0.29) is 53.7 Å². The van der Waals surface area contributed by atoms with Crippen LogP contribution >= 0.6 is 0 Å². The van der Waals surface area contributed by atoms with Gasteiger partial charge in [-0.3, -0.25) is 24.0 Å². The third-order valence-corrected chi connectivity index (χ3v) is 7.24. The third kappa shape index (κ3) is 10.7. The number of carbonyl (C=O) groups is 5. The Morgan fingerprint density at radius 2 is 1.15 bits per heavy atom. The van der Waals surface area contributed by atoms with Crippen molar-refractivity contribution in [3.05, 3.63) is 0 Å². The molecule has 0 bridgehead atoms. The molecule has 232 valence electrons. The first-order valence-electron chi connectivity index (χ1n) is 14.7. The molecule has 0 fully saturated rings. The van der Waals surface area contributed by atoms with E-state index in [1.807, 2.05) is 48.5 Å². The van der Waals surface area contributed by atoms with E-state index in [0.29, 0.717) is 25.7 Å². The van der Waals surface area contributed by atoms with Crippen LogP contribution in [0.25, 0.3) is 0 Å². The van der Waals surface area contributed by atoms with Crippen LogP contribution in [-0.4, -0.2) is 109 Å². The van der Waals surface area contributed by atoms with Crippen molar-refractivity contribution in [2.24, 2.45) is 17.8 Å². The minimum atomic E-state index is -0.838. The summed E-state index contributed by atoms with van der Waals surface area (Å²) in [6.45, 7) is 15.4. The van der Waals surface area contributed by atoms with E-state index in [9.17, 15) is 24.0 Å². The van der Waals surface area contributed by atoms with Gasteiger partial charge < -0.3 is 24.9 Å². The largest absolute Gasteiger partial charge is 0.347 e. The summed E-state index contributed by atoms with van der Waals surface area (Å²) in [7, 11) is 8.12. The van der Waals surface area contributed by atoms with Crippen LogP contribution in [0.1, 0.15) is 87.5 Å². The van der Waals surface area contributed by atoms with Gasteiger partial charge in [-0.2, -0.15) is 0 Å². The lowest BCUT2D eigenvalue weighted by molar-refractivity contribution is -0.153. The normalized spacial score (nSPS) is 14.4. The number of nitrogens with zero attached hydrogens (tertiary/aromatic N) is 4. The van der Waals surface area contributed by atoms with Crippen LogP contribution in [0.3, 0.4) is 0 Å². The van der Waals surface area contributed by atoms with Crippen LogP contribution in [0.5, 0.6) is 0 Å². The van der Waals surface area contributed by atoms with Crippen molar-refractivity contribution in [1.82, 2.24) is 24.9 Å². The minimum Gasteiger partial charge on any atom is -0.347 e. The first-order chi connectivity index (χ1) is 18.4. The van der Waals surface area contributed by atoms with E-state index in [1.54, 1.807) is 42.2 Å². The highest BCUT2D eigenvalue weighted by atomic mass is 16.2. The number of rotatable bonds is 16. The Bertz CT molecular complexity index is 857. The Morgan fingerprint density at radius 1 is 0.650 bits per heavy atom. The predicted octanol–water partition coefficient (Wildman–Crippen LogP) is 3.00. The summed E-state index contributed by atoms with van der Waals surface area (Å²) >= 11 is 0. The van der Waals surface area contributed by atoms with E-state index in [2.05, 4.69) is 5.32 Å². The van der Waals surface area contributed by atoms with Gasteiger partial charge in [-0.25, -0.2) is 0 Å². The van der Waals surface area contributed by atoms with Gasteiger partial charge in [-0.1, -0.05) is 61.8 Å². The van der Waals surface area contributed by atoms with Crippen LogP contribution in [0.15, 0.2) is 0 Å². The topological polar surface area (TPSA) is 110 Å². The maximum absolute atomic E-state index is 14.0. The van der Waals surface area contributed by atoms with Crippen LogP contribution in [0, 0.1) is 17.8 Å². The molecule has 0 heterocycles. The summed E-state index contributed by atoms with van der Waals surface area (Å²) < 4.78 is 0. The second-order valence-corrected chi connectivity index (χ2v) is 12.3. The highest BCUT2D eigenvalue weighted by Gasteiger charge is 2.40. The number of carbonyl (C=O) groups excluding carboxylic acids is 5. The predicted molar refractivity (Wildman–Crippen MR) is 159 cm³/mol. The molecule has 0 radical (unpaired) electrons. The maximum Gasteiger partial charge on any atom is 0.246 e. The summed E-state index contributed by atoms with van der Waals surface area (Å²) in [6, 6.07) is -3.03. The molecule has 0 aromatic carbocycles. The van der Waals surface area contributed by atoms with Crippen LogP contribution in [0.4, 0.5) is 0 Å². The van der Waals surface area contributed by atoms with Gasteiger partial charge in [-0.15, -0.1) is 0 Å². The number of hydrogen-bond donors (Lipinski definition) is 1. The average Bonchev–Trinajstić information content (AvgIpc) is 2.87. The molecule has 0 spiro atoms. The van der Waals surface area contributed by atoms with Gasteiger partial charge in [-0.05, 0) is 37.0 Å². The molecule has 10 heteroatoms. The van der Waals surface area contributed by atoms with E-state index >= 15 is 0 Å². The molecule has 0 aliphatic carbocycles. The SMILES string of the molecule is CCCC(NC(=O)C(CC(C)C)N(C)C(=O)C(C(C)C)N(C)C(=O)C(CC(C)C)N(C)C(=O)CC)C(=O)N(C)C. The molecule has 1 N–H and O–H groups in total. The first-order valence-corrected chi connectivity index (χ1v) is 14.7. The Balaban J connectivity index is 6.28. The zero-order chi connectivity index (χ0) is 31.5. The molecule has 0 aliphatic heterocycles. The quantitative estimate of drug-likeness (QED) is 0.308. The van der Waals surface area contributed by atoms with Crippen molar-refractivity contribution in [2.75, 3.05) is 35.2 Å². The van der Waals surface area contributed by atoms with E-state index in [4.69, 9.17) is 0 Å². The molecule has 40 heavy (non-hydrogen) atoms. The lowest BCUT2D eigenvalue weighted by Crippen LogP contribution is -2.60. The summed E-state index contributed by atoms with van der Waals surface area (Å²) in [5.41, 5.74) is 0. The third-order valence-electron chi connectivity index (χ3n) is 7.24. The second-order valence-electron chi connectivity index (χ2n) is 12.3. The average molecular weight is 568 g/mol. The van der Waals surface area contributed by atoms with E-state index in [1.165, 1.54) is 19.6 Å². The van der Waals surface area contributed by atoms with Crippen molar-refractivity contribution in [2.45, 2.75) is 112 Å². The van der Waals surface area contributed by atoms with Crippen molar-refractivity contribution in [3.63, 3.8) is 0 Å². The Labute approximate surface area is 243 Å². The van der Waals surface area contributed by atoms with E-state index in [0.717, 1.165) is 0 Å². The van der Waals surface area contributed by atoms with Crippen molar-refractivity contribution in [3.8, 4) is 0 Å². The van der Waals surface area contributed by atoms with Gasteiger partial charge in [0.05, 0.1) is 0 Å². The van der Waals surface area contributed by atoms with Gasteiger partial charge >= 0.3 is 0 Å². The number of amides is 5. The van der Waals surface area contributed by atoms with E-state index < -0.39 is 24.2 Å². The number of likely N-dealkylation sites (N-methyl/N-ethyl adjacent to an activating group) is 4. The molecule has 0 rings (SSSR count). The molecule has 10 nitrogen and oxygen atoms in total. The minimum absolute atomic E-state index is 0.0983. The molecule has 5 amide bonds. The Hall–Kier alpha value is -2.65. The van der Waals surface area contributed by atoms with Gasteiger partial charge in [0.25, 0.3) is 0 Å². The molecular weight excluding hydrogens is 510 g/mol. The monoisotopic (exact) mass is 567 g/mol. The number of hydrogen-bond acceptors (Lipinski definition) is 5. The first kappa shape index (κ1) is 37.4. The van der Waals surface area contributed by atoms with Crippen LogP contribution in [-0.2, 0) is 24.0 Å². The molecular formula is C30H57N5O5. The summed E-state index contributed by atoms with van der Waals surface area (Å²) in [4.78, 5) is 72.4. The van der Waals surface area contributed by atoms with Gasteiger partial charge in [0.1, 0.15) is 24.2 Å². The van der Waals surface area contributed by atoms with Crippen molar-refractivity contribution < 1.29 is 24.0 Å². The smallest absolute Gasteiger partial charge is 0.246 e. The molecule has 0 aromatic rings. The molecule has 4 unspecified atom stereocenters. The molecule has 0 saturated carbocycles. The lowest BCUT2D eigenvalue weighted by Gasteiger charge is -2.39. The standard InChI is InChI=1S/C30H57N5O5/c1-14-16-22(28(38)32(9)10)31-27(37)23(17-19(3)4)34(12)30(40)26(21(7)8)35(13)29(39)24(18-20(5)6)33(11)25(36)15-2/h19-24,26H,14-18H2,1-13H3,(H,31,37). The van der Waals surface area contributed by atoms with Crippen molar-refractivity contribution >= 4 is 29.5 Å². The van der Waals surface area contributed by atoms with Gasteiger partial charge in [0.15, 0.2) is 0 Å². The second kappa shape index (κ2) is 17.2. The fourth-order valence-corrected chi connectivity index (χ4v) is 4.94. The van der Waals surface area contributed by atoms with Crippen molar-refractivity contribution in [1.29, 1.82) is 0 Å². The number of nitrogens with one attached hydrogen (secondary N) is 1. The fraction of sp³-hybridized carbons (Fsp3) is 0.833. The molecule has 0 aliphatic rings. The maximum atomic E-state index is 14.0. The zero-order valence-electron chi connectivity index (χ0n) is 27.4. The summed E-state index contributed by atoms with van der Waals surface area (Å²) in [5.74, 6) is -1.37. The van der Waals surface area contributed by atoms with Gasteiger partial charge in [0.2, 0.25) is 29.5 Å². The fourth-order valence-electron chi connectivity index (χ4n) is 4.94. The molecule has 0 saturated heterocycles. The molecule has 4 atom stereocenters. The Morgan fingerprint density at radius 3 is 1.55 bits per heavy atom.